The van der Waals surface area contributed by atoms with Crippen molar-refractivity contribution in [1.29, 1.82) is 0 Å². The second-order valence-corrected chi connectivity index (χ2v) is 6.35. The molecule has 24 heavy (non-hydrogen) atoms. The summed E-state index contributed by atoms with van der Waals surface area (Å²) >= 11 is 1.20. The molecule has 4 nitrogen and oxygen atoms in total. The van der Waals surface area contributed by atoms with Gasteiger partial charge >= 0.3 is 5.97 Å². The lowest BCUT2D eigenvalue weighted by molar-refractivity contribution is 0.0527. The Morgan fingerprint density at radius 1 is 1.33 bits per heavy atom. The number of amides is 1. The quantitative estimate of drug-likeness (QED) is 0.816. The average Bonchev–Trinajstić information content (AvgIpc) is 3.28. The van der Waals surface area contributed by atoms with E-state index in [2.05, 4.69) is 5.32 Å². The Morgan fingerprint density at radius 3 is 2.71 bits per heavy atom. The molecule has 0 saturated heterocycles. The summed E-state index contributed by atoms with van der Waals surface area (Å²) in [6.07, 6.45) is 1.98. The number of ether oxygens (including phenoxy) is 1. The first-order chi connectivity index (χ1) is 11.5. The second-order valence-electron chi connectivity index (χ2n) is 5.47. The highest BCUT2D eigenvalue weighted by atomic mass is 32.1. The van der Waals surface area contributed by atoms with E-state index in [9.17, 15) is 18.4 Å². The number of carbonyl (C=O) groups excluding carboxylic acids is 2. The van der Waals surface area contributed by atoms with Crippen LogP contribution < -0.4 is 5.32 Å². The number of halogens is 2. The number of esters is 1. The molecule has 0 unspecified atom stereocenters. The third kappa shape index (κ3) is 3.31. The molecule has 0 spiro atoms. The van der Waals surface area contributed by atoms with Crippen LogP contribution in [0.1, 0.15) is 52.0 Å². The van der Waals surface area contributed by atoms with Gasteiger partial charge in [0.05, 0.1) is 17.7 Å². The maximum atomic E-state index is 13.7. The SMILES string of the molecule is CCOC(=O)c1c(C2CC2)csc1NC(=O)c1ccc(F)cc1F. The van der Waals surface area contributed by atoms with Gasteiger partial charge in [-0.25, -0.2) is 13.6 Å². The summed E-state index contributed by atoms with van der Waals surface area (Å²) in [6.45, 7) is 1.92. The van der Waals surface area contributed by atoms with Crippen LogP contribution in [-0.2, 0) is 4.74 Å². The van der Waals surface area contributed by atoms with Crippen LogP contribution in [-0.4, -0.2) is 18.5 Å². The summed E-state index contributed by atoms with van der Waals surface area (Å²) in [5.74, 6) is -2.65. The number of thiophene rings is 1. The van der Waals surface area contributed by atoms with Crippen LogP contribution in [0, 0.1) is 11.6 Å². The summed E-state index contributed by atoms with van der Waals surface area (Å²) in [6, 6.07) is 2.72. The fourth-order valence-electron chi connectivity index (χ4n) is 2.42. The summed E-state index contributed by atoms with van der Waals surface area (Å²) in [4.78, 5) is 24.5. The van der Waals surface area contributed by atoms with E-state index >= 15 is 0 Å². The van der Waals surface area contributed by atoms with Gasteiger partial charge in [0.15, 0.2) is 0 Å². The minimum absolute atomic E-state index is 0.221. The smallest absolute Gasteiger partial charge is 0.341 e. The van der Waals surface area contributed by atoms with Gasteiger partial charge in [-0.15, -0.1) is 11.3 Å². The molecule has 0 aliphatic heterocycles. The van der Waals surface area contributed by atoms with Crippen LogP contribution >= 0.6 is 11.3 Å². The number of hydrogen-bond donors (Lipinski definition) is 1. The molecule has 1 aromatic heterocycles. The van der Waals surface area contributed by atoms with Gasteiger partial charge in [0.25, 0.3) is 5.91 Å². The number of benzene rings is 1. The molecule has 1 N–H and O–H groups in total. The molecule has 0 bridgehead atoms. The minimum Gasteiger partial charge on any atom is -0.462 e. The predicted molar refractivity (Wildman–Crippen MR) is 86.6 cm³/mol. The van der Waals surface area contributed by atoms with Crippen LogP contribution in [0.15, 0.2) is 23.6 Å². The van der Waals surface area contributed by atoms with Crippen molar-refractivity contribution in [1.82, 2.24) is 0 Å². The van der Waals surface area contributed by atoms with Gasteiger partial charge in [-0.1, -0.05) is 0 Å². The Bertz CT molecular complexity index is 799. The number of hydrogen-bond acceptors (Lipinski definition) is 4. The summed E-state index contributed by atoms with van der Waals surface area (Å²) in [5, 5.41) is 4.69. The first kappa shape index (κ1) is 16.6. The van der Waals surface area contributed by atoms with Gasteiger partial charge in [-0.05, 0) is 48.8 Å². The van der Waals surface area contributed by atoms with E-state index < -0.39 is 23.5 Å². The molecule has 126 valence electrons. The van der Waals surface area contributed by atoms with Gasteiger partial charge in [-0.3, -0.25) is 4.79 Å². The van der Waals surface area contributed by atoms with Crippen molar-refractivity contribution >= 4 is 28.2 Å². The Kier molecular flexibility index (Phi) is 4.62. The maximum absolute atomic E-state index is 13.7. The summed E-state index contributed by atoms with van der Waals surface area (Å²) in [5.41, 5.74) is 0.904. The third-order valence-corrected chi connectivity index (χ3v) is 4.63. The zero-order valence-electron chi connectivity index (χ0n) is 12.9. The standard InChI is InChI=1S/C17H15F2NO3S/c1-2-23-17(22)14-12(9-3-4-9)8-24-16(14)20-15(21)11-6-5-10(18)7-13(11)19/h5-9H,2-4H2,1H3,(H,20,21). The van der Waals surface area contributed by atoms with E-state index in [-0.39, 0.29) is 12.2 Å². The van der Waals surface area contributed by atoms with Crippen LogP contribution in [0.4, 0.5) is 13.8 Å². The van der Waals surface area contributed by atoms with Gasteiger partial charge < -0.3 is 10.1 Å². The van der Waals surface area contributed by atoms with Crippen LogP contribution in [0.3, 0.4) is 0 Å². The molecule has 1 heterocycles. The highest BCUT2D eigenvalue weighted by Crippen LogP contribution is 2.46. The van der Waals surface area contributed by atoms with E-state index in [1.54, 1.807) is 6.92 Å². The Balaban J connectivity index is 1.89. The van der Waals surface area contributed by atoms with Crippen molar-refractivity contribution in [2.75, 3.05) is 11.9 Å². The highest BCUT2D eigenvalue weighted by Gasteiger charge is 2.32. The van der Waals surface area contributed by atoms with Crippen molar-refractivity contribution in [2.24, 2.45) is 0 Å². The minimum atomic E-state index is -0.954. The third-order valence-electron chi connectivity index (χ3n) is 3.72. The molecule has 0 atom stereocenters. The lowest BCUT2D eigenvalue weighted by Gasteiger charge is -2.09. The normalized spacial score (nSPS) is 13.6. The molecular weight excluding hydrogens is 336 g/mol. The van der Waals surface area contributed by atoms with Crippen molar-refractivity contribution < 1.29 is 23.1 Å². The average molecular weight is 351 g/mol. The lowest BCUT2D eigenvalue weighted by atomic mass is 10.1. The highest BCUT2D eigenvalue weighted by molar-refractivity contribution is 7.15. The van der Waals surface area contributed by atoms with Gasteiger partial charge in [0, 0.05) is 6.07 Å². The maximum Gasteiger partial charge on any atom is 0.341 e. The number of rotatable bonds is 5. The monoisotopic (exact) mass is 351 g/mol. The molecule has 3 rings (SSSR count). The predicted octanol–water partition coefficient (Wildman–Crippen LogP) is 4.33. The van der Waals surface area contributed by atoms with Crippen molar-refractivity contribution in [3.8, 4) is 0 Å². The summed E-state index contributed by atoms with van der Waals surface area (Å²) in [7, 11) is 0. The van der Waals surface area contributed by atoms with Crippen LogP contribution in [0.5, 0.6) is 0 Å². The largest absolute Gasteiger partial charge is 0.462 e. The first-order valence-electron chi connectivity index (χ1n) is 7.56. The number of nitrogens with one attached hydrogen (secondary N) is 1. The van der Waals surface area contributed by atoms with Crippen molar-refractivity contribution in [3.63, 3.8) is 0 Å². The molecule has 0 radical (unpaired) electrons. The van der Waals surface area contributed by atoms with Gasteiger partial charge in [0.2, 0.25) is 0 Å². The fourth-order valence-corrected chi connectivity index (χ4v) is 3.44. The molecule has 2 aromatic rings. The molecule has 1 fully saturated rings. The fraction of sp³-hybridized carbons (Fsp3) is 0.294. The topological polar surface area (TPSA) is 55.4 Å². The first-order valence-corrected chi connectivity index (χ1v) is 8.44. The number of carbonyl (C=O) groups is 2. The Morgan fingerprint density at radius 2 is 2.08 bits per heavy atom. The van der Waals surface area contributed by atoms with E-state index in [4.69, 9.17) is 4.74 Å². The lowest BCUT2D eigenvalue weighted by Crippen LogP contribution is -2.16. The summed E-state index contributed by atoms with van der Waals surface area (Å²) < 4.78 is 31.8. The van der Waals surface area contributed by atoms with Crippen molar-refractivity contribution in [3.05, 3.63) is 51.9 Å². The van der Waals surface area contributed by atoms with Gasteiger partial charge in [0.1, 0.15) is 16.6 Å². The zero-order valence-corrected chi connectivity index (χ0v) is 13.7. The molecule has 1 aliphatic rings. The molecule has 1 saturated carbocycles. The Hall–Kier alpha value is -2.28. The number of anilines is 1. The van der Waals surface area contributed by atoms with Crippen LogP contribution in [0.2, 0.25) is 0 Å². The van der Waals surface area contributed by atoms with E-state index in [0.29, 0.717) is 22.5 Å². The molecule has 7 heteroatoms. The van der Waals surface area contributed by atoms with Gasteiger partial charge in [-0.2, -0.15) is 0 Å². The molecule has 1 aliphatic carbocycles. The van der Waals surface area contributed by atoms with E-state index in [0.717, 1.165) is 30.5 Å². The van der Waals surface area contributed by atoms with E-state index in [1.165, 1.54) is 11.3 Å². The molecule has 1 amide bonds. The van der Waals surface area contributed by atoms with Crippen LogP contribution in [0.25, 0.3) is 0 Å². The van der Waals surface area contributed by atoms with Crippen molar-refractivity contribution in [2.45, 2.75) is 25.7 Å². The zero-order chi connectivity index (χ0) is 17.3. The Labute approximate surface area is 141 Å². The molecular formula is C17H15F2NO3S. The second kappa shape index (κ2) is 6.68. The molecule has 1 aromatic carbocycles. The van der Waals surface area contributed by atoms with E-state index in [1.807, 2.05) is 5.38 Å².